The molecule has 138 valence electrons. The minimum absolute atomic E-state index is 0.137. The van der Waals surface area contributed by atoms with E-state index in [1.807, 2.05) is 24.3 Å². The lowest BCUT2D eigenvalue weighted by atomic mass is 10.1. The van der Waals surface area contributed by atoms with E-state index in [0.29, 0.717) is 6.42 Å². The van der Waals surface area contributed by atoms with Crippen LogP contribution in [0.2, 0.25) is 0 Å². The quantitative estimate of drug-likeness (QED) is 0.742. The molecule has 1 amide bonds. The number of aryl methyl sites for hydroxylation is 1. The molecule has 0 spiro atoms. The summed E-state index contributed by atoms with van der Waals surface area (Å²) in [7, 11) is 0. The SMILES string of the molecule is O=C(CCc1ccccc1)NCCCN1CCOC(c2ccccc2)C1. The van der Waals surface area contributed by atoms with Gasteiger partial charge >= 0.3 is 0 Å². The highest BCUT2D eigenvalue weighted by molar-refractivity contribution is 5.76. The van der Waals surface area contributed by atoms with Crippen LogP contribution in [0.15, 0.2) is 60.7 Å². The fourth-order valence-corrected chi connectivity index (χ4v) is 3.30. The zero-order chi connectivity index (χ0) is 18.0. The molecule has 1 heterocycles. The Bertz CT molecular complexity index is 660. The molecule has 1 saturated heterocycles. The molecule has 1 unspecified atom stereocenters. The maximum atomic E-state index is 12.0. The fraction of sp³-hybridized carbons (Fsp3) is 0.409. The third-order valence-electron chi connectivity index (χ3n) is 4.78. The lowest BCUT2D eigenvalue weighted by Gasteiger charge is -2.33. The number of nitrogens with one attached hydrogen (secondary N) is 1. The van der Waals surface area contributed by atoms with Crippen LogP contribution in [0.4, 0.5) is 0 Å². The second-order valence-corrected chi connectivity index (χ2v) is 6.76. The van der Waals surface area contributed by atoms with E-state index in [4.69, 9.17) is 4.74 Å². The first-order chi connectivity index (χ1) is 12.8. The van der Waals surface area contributed by atoms with Crippen molar-refractivity contribution in [1.29, 1.82) is 0 Å². The normalized spacial score (nSPS) is 17.8. The Kier molecular flexibility index (Phi) is 7.23. The van der Waals surface area contributed by atoms with Gasteiger partial charge in [0.1, 0.15) is 0 Å². The average Bonchev–Trinajstić information content (AvgIpc) is 2.71. The van der Waals surface area contributed by atoms with Crippen molar-refractivity contribution >= 4 is 5.91 Å². The number of rotatable bonds is 8. The standard InChI is InChI=1S/C22H28N2O2/c25-22(13-12-19-8-3-1-4-9-19)23-14-7-15-24-16-17-26-21(18-24)20-10-5-2-6-11-20/h1-6,8-11,21H,7,12-18H2,(H,23,25). The summed E-state index contributed by atoms with van der Waals surface area (Å²) in [6, 6.07) is 20.6. The Labute approximate surface area is 156 Å². The van der Waals surface area contributed by atoms with Crippen molar-refractivity contribution in [3.8, 4) is 0 Å². The third-order valence-corrected chi connectivity index (χ3v) is 4.78. The van der Waals surface area contributed by atoms with Crippen molar-refractivity contribution in [2.75, 3.05) is 32.8 Å². The summed E-state index contributed by atoms with van der Waals surface area (Å²) in [5, 5.41) is 3.04. The van der Waals surface area contributed by atoms with Crippen LogP contribution in [0.5, 0.6) is 0 Å². The van der Waals surface area contributed by atoms with Crippen molar-refractivity contribution < 1.29 is 9.53 Å². The molecule has 2 aromatic rings. The van der Waals surface area contributed by atoms with E-state index in [1.54, 1.807) is 0 Å². The highest BCUT2D eigenvalue weighted by atomic mass is 16.5. The molecule has 0 saturated carbocycles. The molecule has 0 radical (unpaired) electrons. The van der Waals surface area contributed by atoms with Crippen LogP contribution < -0.4 is 5.32 Å². The van der Waals surface area contributed by atoms with E-state index in [1.165, 1.54) is 11.1 Å². The molecule has 4 heteroatoms. The lowest BCUT2D eigenvalue weighted by Crippen LogP contribution is -2.39. The van der Waals surface area contributed by atoms with Crippen LogP contribution in [0.1, 0.15) is 30.1 Å². The highest BCUT2D eigenvalue weighted by Crippen LogP contribution is 2.21. The molecule has 1 fully saturated rings. The first kappa shape index (κ1) is 18.6. The maximum absolute atomic E-state index is 12.0. The van der Waals surface area contributed by atoms with Crippen molar-refractivity contribution in [3.05, 3.63) is 71.8 Å². The number of morpholine rings is 1. The molecule has 26 heavy (non-hydrogen) atoms. The first-order valence-electron chi connectivity index (χ1n) is 9.51. The molecule has 1 N–H and O–H groups in total. The molecule has 1 aliphatic heterocycles. The Morgan fingerprint density at radius 2 is 1.81 bits per heavy atom. The summed E-state index contributed by atoms with van der Waals surface area (Å²) in [4.78, 5) is 14.4. The number of benzene rings is 2. The van der Waals surface area contributed by atoms with Crippen LogP contribution >= 0.6 is 0 Å². The zero-order valence-electron chi connectivity index (χ0n) is 15.3. The van der Waals surface area contributed by atoms with Gasteiger partial charge in [0.15, 0.2) is 0 Å². The van der Waals surface area contributed by atoms with Crippen LogP contribution in [0.25, 0.3) is 0 Å². The van der Waals surface area contributed by atoms with Crippen molar-refractivity contribution in [1.82, 2.24) is 10.2 Å². The van der Waals surface area contributed by atoms with Crippen molar-refractivity contribution in [3.63, 3.8) is 0 Å². The first-order valence-corrected chi connectivity index (χ1v) is 9.51. The van der Waals surface area contributed by atoms with E-state index in [0.717, 1.165) is 45.6 Å². The van der Waals surface area contributed by atoms with E-state index >= 15 is 0 Å². The number of ether oxygens (including phenoxy) is 1. The lowest BCUT2D eigenvalue weighted by molar-refractivity contribution is -0.121. The van der Waals surface area contributed by atoms with Crippen molar-refractivity contribution in [2.24, 2.45) is 0 Å². The third kappa shape index (κ3) is 5.97. The predicted molar refractivity (Wildman–Crippen MR) is 104 cm³/mol. The van der Waals surface area contributed by atoms with Gasteiger partial charge in [0.05, 0.1) is 12.7 Å². The topological polar surface area (TPSA) is 41.6 Å². The number of carbonyl (C=O) groups excluding carboxylic acids is 1. The second kappa shape index (κ2) is 10.1. The Morgan fingerprint density at radius 1 is 1.08 bits per heavy atom. The molecule has 0 aliphatic carbocycles. The van der Waals surface area contributed by atoms with Crippen LogP contribution in [0, 0.1) is 0 Å². The molecule has 1 atom stereocenters. The summed E-state index contributed by atoms with van der Waals surface area (Å²) in [6.45, 7) is 4.38. The number of nitrogens with zero attached hydrogens (tertiary/aromatic N) is 1. The second-order valence-electron chi connectivity index (χ2n) is 6.76. The average molecular weight is 352 g/mol. The molecular formula is C22H28N2O2. The van der Waals surface area contributed by atoms with E-state index < -0.39 is 0 Å². The number of amides is 1. The maximum Gasteiger partial charge on any atom is 0.220 e. The van der Waals surface area contributed by atoms with Gasteiger partial charge in [-0.25, -0.2) is 0 Å². The molecule has 0 bridgehead atoms. The van der Waals surface area contributed by atoms with E-state index in [-0.39, 0.29) is 12.0 Å². The Morgan fingerprint density at radius 3 is 2.58 bits per heavy atom. The Balaban J connectivity index is 1.31. The van der Waals surface area contributed by atoms with Gasteiger partial charge in [0.2, 0.25) is 5.91 Å². The smallest absolute Gasteiger partial charge is 0.220 e. The number of hydrogen-bond donors (Lipinski definition) is 1. The minimum atomic E-state index is 0.137. The minimum Gasteiger partial charge on any atom is -0.371 e. The molecule has 3 rings (SSSR count). The van der Waals surface area contributed by atoms with Crippen LogP contribution in [-0.4, -0.2) is 43.6 Å². The Hall–Kier alpha value is -2.17. The van der Waals surface area contributed by atoms with Gasteiger partial charge in [-0.2, -0.15) is 0 Å². The van der Waals surface area contributed by atoms with Gasteiger partial charge in [-0.1, -0.05) is 60.7 Å². The summed E-state index contributed by atoms with van der Waals surface area (Å²) in [6.07, 6.45) is 2.48. The largest absolute Gasteiger partial charge is 0.371 e. The highest BCUT2D eigenvalue weighted by Gasteiger charge is 2.21. The van der Waals surface area contributed by atoms with Crippen LogP contribution in [-0.2, 0) is 16.0 Å². The van der Waals surface area contributed by atoms with E-state index in [2.05, 4.69) is 46.6 Å². The zero-order valence-corrected chi connectivity index (χ0v) is 15.3. The molecular weight excluding hydrogens is 324 g/mol. The van der Waals surface area contributed by atoms with Gasteiger partial charge in [0.25, 0.3) is 0 Å². The van der Waals surface area contributed by atoms with Gasteiger partial charge in [0, 0.05) is 32.6 Å². The van der Waals surface area contributed by atoms with Gasteiger partial charge in [-0.15, -0.1) is 0 Å². The molecule has 0 aromatic heterocycles. The summed E-state index contributed by atoms with van der Waals surface area (Å²) in [5.41, 5.74) is 2.45. The van der Waals surface area contributed by atoms with Crippen molar-refractivity contribution in [2.45, 2.75) is 25.4 Å². The predicted octanol–water partition coefficient (Wildman–Crippen LogP) is 3.20. The van der Waals surface area contributed by atoms with Gasteiger partial charge in [-0.05, 0) is 24.0 Å². The van der Waals surface area contributed by atoms with Gasteiger partial charge in [-0.3, -0.25) is 9.69 Å². The molecule has 2 aromatic carbocycles. The molecule has 1 aliphatic rings. The number of carbonyl (C=O) groups is 1. The fourth-order valence-electron chi connectivity index (χ4n) is 3.30. The summed E-state index contributed by atoms with van der Waals surface area (Å²) in [5.74, 6) is 0.137. The summed E-state index contributed by atoms with van der Waals surface area (Å²) >= 11 is 0. The summed E-state index contributed by atoms with van der Waals surface area (Å²) < 4.78 is 5.90. The molecule has 4 nitrogen and oxygen atoms in total. The van der Waals surface area contributed by atoms with Crippen LogP contribution in [0.3, 0.4) is 0 Å². The monoisotopic (exact) mass is 352 g/mol. The number of hydrogen-bond acceptors (Lipinski definition) is 3. The van der Waals surface area contributed by atoms with E-state index in [9.17, 15) is 4.79 Å². The van der Waals surface area contributed by atoms with Gasteiger partial charge < -0.3 is 10.1 Å².